The first-order valence-electron chi connectivity index (χ1n) is 15.6. The van der Waals surface area contributed by atoms with Crippen LogP contribution in [-0.2, 0) is 11.2 Å². The second kappa shape index (κ2) is 14.8. The van der Waals surface area contributed by atoms with Crippen molar-refractivity contribution < 1.29 is 92.9 Å². The number of halogens is 19. The number of unbranched alkanes of at least 4 members (excludes halogenated alkanes) is 2. The molecule has 1 aromatic heterocycles. The van der Waals surface area contributed by atoms with E-state index in [0.29, 0.717) is 5.56 Å². The standard InChI is InChI=1S/C31H27F19N2O2/c1-2-3-4-5-16-14-51-21(52-15-16)17-8-12-20(13-9-17)54-22(53)18-6-10-19(11-7-18)23(32,33)24(34,35)25(36,37)26(38,39)27(40,41)28(42,43)29(44,45)30(46,47)31(48,49)50/h8-9,12-15,18-19H,2-7,10-11H2,1H3. The minimum atomic E-state index is -8.97. The third-order valence-electron chi connectivity index (χ3n) is 8.82. The van der Waals surface area contributed by atoms with Crippen molar-refractivity contribution in [3.63, 3.8) is 0 Å². The van der Waals surface area contributed by atoms with Gasteiger partial charge in [0.25, 0.3) is 0 Å². The van der Waals surface area contributed by atoms with Crippen LogP contribution in [0.25, 0.3) is 11.4 Å². The van der Waals surface area contributed by atoms with Crippen molar-refractivity contribution in [2.75, 3.05) is 0 Å². The fourth-order valence-electron chi connectivity index (χ4n) is 5.40. The Morgan fingerprint density at radius 3 is 1.46 bits per heavy atom. The smallest absolute Gasteiger partial charge is 0.426 e. The van der Waals surface area contributed by atoms with Gasteiger partial charge in [0.15, 0.2) is 5.82 Å². The van der Waals surface area contributed by atoms with Crippen molar-refractivity contribution in [2.45, 2.75) is 112 Å². The van der Waals surface area contributed by atoms with Crippen LogP contribution in [0.1, 0.15) is 57.4 Å². The maximum Gasteiger partial charge on any atom is 0.460 e. The van der Waals surface area contributed by atoms with E-state index in [0.717, 1.165) is 31.2 Å². The minimum Gasteiger partial charge on any atom is -0.426 e. The molecule has 0 saturated heterocycles. The highest BCUT2D eigenvalue weighted by atomic mass is 19.4. The fraction of sp³-hybridized carbons (Fsp3) is 0.645. The molecular formula is C31H27F19N2O2. The predicted octanol–water partition coefficient (Wildman–Crippen LogP) is 11.2. The van der Waals surface area contributed by atoms with E-state index in [2.05, 4.69) is 9.97 Å². The average molecular weight is 821 g/mol. The zero-order chi connectivity index (χ0) is 41.6. The number of hydrogen-bond acceptors (Lipinski definition) is 4. The van der Waals surface area contributed by atoms with Crippen molar-refractivity contribution in [3.8, 4) is 17.1 Å². The number of hydrogen-bond donors (Lipinski definition) is 0. The van der Waals surface area contributed by atoms with E-state index >= 15 is 0 Å². The average Bonchev–Trinajstić information content (AvgIpc) is 3.08. The number of aryl methyl sites for hydroxylation is 1. The second-order valence-corrected chi connectivity index (χ2v) is 12.5. The molecule has 23 heteroatoms. The molecule has 1 heterocycles. The largest absolute Gasteiger partial charge is 0.460 e. The molecule has 4 nitrogen and oxygen atoms in total. The summed E-state index contributed by atoms with van der Waals surface area (Å²) in [5, 5.41) is 0. The van der Waals surface area contributed by atoms with Gasteiger partial charge in [-0.3, -0.25) is 4.79 Å². The molecular weight excluding hydrogens is 793 g/mol. The van der Waals surface area contributed by atoms with Crippen LogP contribution in [0, 0.1) is 11.8 Å². The maximum atomic E-state index is 14.8. The Balaban J connectivity index is 1.73. The van der Waals surface area contributed by atoms with Crippen LogP contribution in [0.15, 0.2) is 36.7 Å². The molecule has 1 aliphatic rings. The molecule has 1 fully saturated rings. The summed E-state index contributed by atoms with van der Waals surface area (Å²) in [4.78, 5) is 21.0. The Morgan fingerprint density at radius 1 is 0.611 bits per heavy atom. The van der Waals surface area contributed by atoms with Gasteiger partial charge in [-0.1, -0.05) is 19.8 Å². The lowest BCUT2D eigenvalue weighted by Crippen LogP contribution is -2.76. The number of carbonyl (C=O) groups is 1. The lowest BCUT2D eigenvalue weighted by Gasteiger charge is -2.45. The number of alkyl halides is 19. The van der Waals surface area contributed by atoms with Gasteiger partial charge in [-0.05, 0) is 68.4 Å². The van der Waals surface area contributed by atoms with Crippen LogP contribution in [0.2, 0.25) is 0 Å². The Bertz CT molecular complexity index is 1580. The molecule has 0 spiro atoms. The molecule has 0 N–H and O–H groups in total. The maximum absolute atomic E-state index is 14.8. The van der Waals surface area contributed by atoms with E-state index in [4.69, 9.17) is 4.74 Å². The Morgan fingerprint density at radius 2 is 1.04 bits per heavy atom. The van der Waals surface area contributed by atoms with E-state index < -0.39 is 97.0 Å². The van der Waals surface area contributed by atoms with Crippen LogP contribution < -0.4 is 4.74 Å². The highest BCUT2D eigenvalue weighted by Gasteiger charge is 2.96. The van der Waals surface area contributed by atoms with Crippen molar-refractivity contribution >= 4 is 5.97 Å². The van der Waals surface area contributed by atoms with Crippen molar-refractivity contribution in [1.82, 2.24) is 9.97 Å². The topological polar surface area (TPSA) is 52.1 Å². The molecule has 0 atom stereocenters. The van der Waals surface area contributed by atoms with Crippen LogP contribution >= 0.6 is 0 Å². The Labute approximate surface area is 292 Å². The first kappa shape index (κ1) is 44.8. The van der Waals surface area contributed by atoms with E-state index in [1.165, 1.54) is 24.3 Å². The molecule has 54 heavy (non-hydrogen) atoms. The number of ether oxygens (including phenoxy) is 1. The van der Waals surface area contributed by atoms with Crippen LogP contribution in [-0.4, -0.2) is 69.5 Å². The number of rotatable bonds is 15. The summed E-state index contributed by atoms with van der Waals surface area (Å²) in [5.74, 6) is -72.6. The molecule has 2 aromatic rings. The molecule has 0 amide bonds. The van der Waals surface area contributed by atoms with Crippen LogP contribution in [0.3, 0.4) is 0 Å². The van der Waals surface area contributed by atoms with Gasteiger partial charge >= 0.3 is 59.5 Å². The molecule has 0 bridgehead atoms. The summed E-state index contributed by atoms with van der Waals surface area (Å²) >= 11 is 0. The van der Waals surface area contributed by atoms with Gasteiger partial charge in [0.2, 0.25) is 0 Å². The molecule has 0 unspecified atom stereocenters. The molecule has 306 valence electrons. The van der Waals surface area contributed by atoms with Crippen molar-refractivity contribution in [2.24, 2.45) is 11.8 Å². The molecule has 1 aliphatic carbocycles. The SMILES string of the molecule is CCCCCc1cnc(-c2ccc(OC(=O)C3CCC(C(F)(F)C(F)(F)C(F)(F)C(F)(F)C(F)(F)C(F)(F)C(F)(F)C(F)(F)C(F)(F)F)CC3)cc2)nc1. The fourth-order valence-corrected chi connectivity index (χ4v) is 5.40. The Kier molecular flexibility index (Phi) is 12.3. The number of esters is 1. The van der Waals surface area contributed by atoms with Gasteiger partial charge in [-0.25, -0.2) is 9.97 Å². The zero-order valence-corrected chi connectivity index (χ0v) is 27.2. The monoisotopic (exact) mass is 820 g/mol. The zero-order valence-electron chi connectivity index (χ0n) is 27.2. The molecule has 0 aliphatic heterocycles. The summed E-state index contributed by atoms with van der Waals surface area (Å²) < 4.78 is 265. The second-order valence-electron chi connectivity index (χ2n) is 12.5. The first-order valence-corrected chi connectivity index (χ1v) is 15.6. The summed E-state index contributed by atoms with van der Waals surface area (Å²) in [6, 6.07) is 5.31. The molecule has 1 saturated carbocycles. The van der Waals surface area contributed by atoms with Gasteiger partial charge < -0.3 is 4.74 Å². The van der Waals surface area contributed by atoms with Gasteiger partial charge in [0, 0.05) is 23.9 Å². The lowest BCUT2D eigenvalue weighted by molar-refractivity contribution is -0.470. The van der Waals surface area contributed by atoms with Gasteiger partial charge in [0.1, 0.15) is 5.75 Å². The van der Waals surface area contributed by atoms with Gasteiger partial charge in [-0.15, -0.1) is 0 Å². The highest BCUT2D eigenvalue weighted by molar-refractivity contribution is 5.75. The molecule has 1 aromatic carbocycles. The number of nitrogens with zero attached hydrogens (tertiary/aromatic N) is 2. The quantitative estimate of drug-likeness (QED) is 0.0777. The Hall–Kier alpha value is -3.56. The normalized spacial score (nSPS) is 18.8. The third-order valence-corrected chi connectivity index (χ3v) is 8.82. The summed E-state index contributed by atoms with van der Waals surface area (Å²) in [7, 11) is 0. The highest BCUT2D eigenvalue weighted by Crippen LogP contribution is 2.66. The van der Waals surface area contributed by atoms with Crippen LogP contribution in [0.4, 0.5) is 83.4 Å². The number of benzene rings is 1. The van der Waals surface area contributed by atoms with Crippen molar-refractivity contribution in [1.29, 1.82) is 0 Å². The van der Waals surface area contributed by atoms with Gasteiger partial charge in [0.05, 0.1) is 5.92 Å². The number of carbonyl (C=O) groups excluding carboxylic acids is 1. The molecule has 3 rings (SSSR count). The molecule has 0 radical (unpaired) electrons. The summed E-state index contributed by atoms with van der Waals surface area (Å²) in [6.45, 7) is 2.03. The summed E-state index contributed by atoms with van der Waals surface area (Å²) in [6.07, 6.45) is -5.79. The van der Waals surface area contributed by atoms with Crippen molar-refractivity contribution in [3.05, 3.63) is 42.2 Å². The van der Waals surface area contributed by atoms with E-state index in [9.17, 15) is 88.2 Å². The van der Waals surface area contributed by atoms with E-state index in [-0.39, 0.29) is 11.6 Å². The number of aromatic nitrogens is 2. The third kappa shape index (κ3) is 7.39. The van der Waals surface area contributed by atoms with E-state index in [1.54, 1.807) is 12.4 Å². The van der Waals surface area contributed by atoms with Crippen LogP contribution in [0.5, 0.6) is 5.75 Å². The first-order chi connectivity index (χ1) is 24.4. The lowest BCUT2D eigenvalue weighted by atomic mass is 9.75. The van der Waals surface area contributed by atoms with Gasteiger partial charge in [-0.2, -0.15) is 83.4 Å². The predicted molar refractivity (Wildman–Crippen MR) is 147 cm³/mol. The minimum absolute atomic E-state index is 0.155. The van der Waals surface area contributed by atoms with E-state index in [1.807, 2.05) is 6.92 Å². The summed E-state index contributed by atoms with van der Waals surface area (Å²) in [5.41, 5.74) is 1.34.